The number of nitrogens with zero attached hydrogens (tertiary/aromatic N) is 1. The van der Waals surface area contributed by atoms with Gasteiger partial charge < -0.3 is 5.73 Å². The Kier molecular flexibility index (Phi) is 3.57. The van der Waals surface area contributed by atoms with Crippen molar-refractivity contribution in [3.8, 4) is 0 Å². The van der Waals surface area contributed by atoms with Crippen molar-refractivity contribution in [3.63, 3.8) is 0 Å². The standard InChI is InChI=1S/C15H30N2/c1-12-8-13(12)9-17(4)15(11-16)7-5-6-14(2,3)10-15/h12-13H,5-11,16H2,1-4H3. The average molecular weight is 238 g/mol. The second kappa shape index (κ2) is 4.55. The van der Waals surface area contributed by atoms with Gasteiger partial charge >= 0.3 is 0 Å². The van der Waals surface area contributed by atoms with Gasteiger partial charge in [0.15, 0.2) is 0 Å². The van der Waals surface area contributed by atoms with Crippen molar-refractivity contribution in [3.05, 3.63) is 0 Å². The van der Waals surface area contributed by atoms with Gasteiger partial charge in [-0.15, -0.1) is 0 Å². The van der Waals surface area contributed by atoms with Crippen molar-refractivity contribution >= 4 is 0 Å². The quantitative estimate of drug-likeness (QED) is 0.816. The number of rotatable bonds is 4. The molecule has 3 atom stereocenters. The number of nitrogens with two attached hydrogens (primary N) is 1. The predicted octanol–water partition coefficient (Wildman–Crippen LogP) is 2.87. The lowest BCUT2D eigenvalue weighted by atomic mass is 9.67. The van der Waals surface area contributed by atoms with Gasteiger partial charge in [0, 0.05) is 18.6 Å². The molecule has 0 spiro atoms. The Labute approximate surface area is 107 Å². The first kappa shape index (κ1) is 13.4. The van der Waals surface area contributed by atoms with E-state index in [1.165, 1.54) is 38.6 Å². The second-order valence-corrected chi connectivity index (χ2v) is 7.48. The first-order valence-electron chi connectivity index (χ1n) is 7.30. The second-order valence-electron chi connectivity index (χ2n) is 7.48. The monoisotopic (exact) mass is 238 g/mol. The summed E-state index contributed by atoms with van der Waals surface area (Å²) in [5.74, 6) is 1.89. The SMILES string of the molecule is CC1CC1CN(C)C1(CN)CCCC(C)(C)C1. The van der Waals surface area contributed by atoms with Crippen LogP contribution in [-0.2, 0) is 0 Å². The van der Waals surface area contributed by atoms with Gasteiger partial charge in [0.1, 0.15) is 0 Å². The molecule has 0 bridgehead atoms. The molecule has 0 aromatic carbocycles. The third-order valence-electron chi connectivity index (χ3n) is 5.28. The zero-order valence-electron chi connectivity index (χ0n) is 12.1. The summed E-state index contributed by atoms with van der Waals surface area (Å²) < 4.78 is 0. The van der Waals surface area contributed by atoms with E-state index in [1.807, 2.05) is 0 Å². The smallest absolute Gasteiger partial charge is 0.0333 e. The molecule has 0 radical (unpaired) electrons. The molecule has 0 aliphatic heterocycles. The van der Waals surface area contributed by atoms with Crippen molar-refractivity contribution in [2.45, 2.75) is 58.4 Å². The summed E-state index contributed by atoms with van der Waals surface area (Å²) in [6, 6.07) is 0. The van der Waals surface area contributed by atoms with E-state index in [0.717, 1.165) is 18.4 Å². The van der Waals surface area contributed by atoms with E-state index < -0.39 is 0 Å². The highest BCUT2D eigenvalue weighted by Gasteiger charge is 2.44. The maximum atomic E-state index is 6.15. The molecule has 2 nitrogen and oxygen atoms in total. The molecular weight excluding hydrogens is 208 g/mol. The van der Waals surface area contributed by atoms with E-state index in [1.54, 1.807) is 0 Å². The third-order valence-corrected chi connectivity index (χ3v) is 5.28. The molecule has 2 fully saturated rings. The summed E-state index contributed by atoms with van der Waals surface area (Å²) in [7, 11) is 2.30. The molecule has 3 unspecified atom stereocenters. The fourth-order valence-corrected chi connectivity index (χ4v) is 3.82. The summed E-state index contributed by atoms with van der Waals surface area (Å²) in [6.45, 7) is 9.27. The average Bonchev–Trinajstić information content (AvgIpc) is 2.92. The van der Waals surface area contributed by atoms with Crippen LogP contribution in [-0.4, -0.2) is 30.6 Å². The maximum absolute atomic E-state index is 6.15. The summed E-state index contributed by atoms with van der Waals surface area (Å²) in [6.07, 6.45) is 6.70. The lowest BCUT2D eigenvalue weighted by Gasteiger charge is -2.50. The Morgan fingerprint density at radius 2 is 1.94 bits per heavy atom. The van der Waals surface area contributed by atoms with Crippen LogP contribution in [0.5, 0.6) is 0 Å². The fourth-order valence-electron chi connectivity index (χ4n) is 3.82. The van der Waals surface area contributed by atoms with Crippen LogP contribution in [0.1, 0.15) is 52.9 Å². The third kappa shape index (κ3) is 2.85. The molecule has 100 valence electrons. The summed E-state index contributed by atoms with van der Waals surface area (Å²) >= 11 is 0. The van der Waals surface area contributed by atoms with Crippen molar-refractivity contribution < 1.29 is 0 Å². The van der Waals surface area contributed by atoms with E-state index in [9.17, 15) is 0 Å². The van der Waals surface area contributed by atoms with E-state index >= 15 is 0 Å². The Bertz CT molecular complexity index is 274. The molecule has 2 heteroatoms. The number of likely N-dealkylation sites (N-methyl/N-ethyl adjacent to an activating group) is 1. The Morgan fingerprint density at radius 3 is 2.41 bits per heavy atom. The predicted molar refractivity (Wildman–Crippen MR) is 73.9 cm³/mol. The van der Waals surface area contributed by atoms with Gasteiger partial charge in [-0.05, 0) is 50.0 Å². The van der Waals surface area contributed by atoms with Gasteiger partial charge in [0.05, 0.1) is 0 Å². The molecule has 2 saturated carbocycles. The van der Waals surface area contributed by atoms with Crippen molar-refractivity contribution in [1.29, 1.82) is 0 Å². The van der Waals surface area contributed by atoms with Crippen LogP contribution in [0.3, 0.4) is 0 Å². The molecule has 2 aliphatic rings. The summed E-state index contributed by atoms with van der Waals surface area (Å²) in [5.41, 5.74) is 6.90. The highest BCUT2D eigenvalue weighted by Crippen LogP contribution is 2.45. The minimum atomic E-state index is 0.282. The van der Waals surface area contributed by atoms with Gasteiger partial charge in [0.25, 0.3) is 0 Å². The fraction of sp³-hybridized carbons (Fsp3) is 1.00. The van der Waals surface area contributed by atoms with Crippen LogP contribution in [0, 0.1) is 17.3 Å². The van der Waals surface area contributed by atoms with Gasteiger partial charge in [-0.3, -0.25) is 4.90 Å². The first-order valence-corrected chi connectivity index (χ1v) is 7.30. The molecular formula is C15H30N2. The van der Waals surface area contributed by atoms with Crippen LogP contribution in [0.2, 0.25) is 0 Å². The topological polar surface area (TPSA) is 29.3 Å². The van der Waals surface area contributed by atoms with Crippen LogP contribution < -0.4 is 5.73 Å². The molecule has 0 aromatic rings. The first-order chi connectivity index (χ1) is 7.88. The number of hydrogen-bond acceptors (Lipinski definition) is 2. The van der Waals surface area contributed by atoms with Gasteiger partial charge in [-0.2, -0.15) is 0 Å². The molecule has 0 saturated heterocycles. The largest absolute Gasteiger partial charge is 0.329 e. The molecule has 2 aliphatic carbocycles. The normalized spacial score (nSPS) is 40.6. The summed E-state index contributed by atoms with van der Waals surface area (Å²) in [4.78, 5) is 2.60. The van der Waals surface area contributed by atoms with Crippen LogP contribution in [0.15, 0.2) is 0 Å². The van der Waals surface area contributed by atoms with Crippen LogP contribution in [0.4, 0.5) is 0 Å². The minimum Gasteiger partial charge on any atom is -0.329 e. The Morgan fingerprint density at radius 1 is 1.29 bits per heavy atom. The Hall–Kier alpha value is -0.0800. The minimum absolute atomic E-state index is 0.282. The lowest BCUT2D eigenvalue weighted by Crippen LogP contribution is -2.56. The highest BCUT2D eigenvalue weighted by atomic mass is 15.2. The molecule has 0 aromatic heterocycles. The van der Waals surface area contributed by atoms with E-state index in [4.69, 9.17) is 5.73 Å². The molecule has 0 amide bonds. The van der Waals surface area contributed by atoms with Crippen molar-refractivity contribution in [2.24, 2.45) is 23.0 Å². The zero-order chi connectivity index (χ0) is 12.7. The number of hydrogen-bond donors (Lipinski definition) is 1. The van der Waals surface area contributed by atoms with Crippen molar-refractivity contribution in [2.75, 3.05) is 20.1 Å². The highest BCUT2D eigenvalue weighted by molar-refractivity contribution is 5.00. The van der Waals surface area contributed by atoms with Crippen molar-refractivity contribution in [1.82, 2.24) is 4.90 Å². The lowest BCUT2D eigenvalue weighted by molar-refractivity contribution is 0.0239. The van der Waals surface area contributed by atoms with Gasteiger partial charge in [0.2, 0.25) is 0 Å². The molecule has 17 heavy (non-hydrogen) atoms. The Balaban J connectivity index is 2.01. The maximum Gasteiger partial charge on any atom is 0.0333 e. The van der Waals surface area contributed by atoms with E-state index in [2.05, 4.69) is 32.7 Å². The molecule has 2 N–H and O–H groups in total. The molecule has 2 rings (SSSR count). The zero-order valence-corrected chi connectivity index (χ0v) is 12.1. The van der Waals surface area contributed by atoms with Crippen LogP contribution in [0.25, 0.3) is 0 Å². The van der Waals surface area contributed by atoms with E-state index in [-0.39, 0.29) is 5.54 Å². The summed E-state index contributed by atoms with van der Waals surface area (Å²) in [5, 5.41) is 0. The van der Waals surface area contributed by atoms with Gasteiger partial charge in [-0.25, -0.2) is 0 Å². The van der Waals surface area contributed by atoms with E-state index in [0.29, 0.717) is 5.41 Å². The molecule has 0 heterocycles. The van der Waals surface area contributed by atoms with Crippen LogP contribution >= 0.6 is 0 Å². The van der Waals surface area contributed by atoms with Gasteiger partial charge in [-0.1, -0.05) is 27.2 Å².